The van der Waals surface area contributed by atoms with Gasteiger partial charge in [0, 0.05) is 12.8 Å². The van der Waals surface area contributed by atoms with E-state index in [0.29, 0.717) is 19.3 Å². The molecule has 5 nitrogen and oxygen atoms in total. The number of ether oxygens (including phenoxy) is 1. The first-order valence-electron chi connectivity index (χ1n) is 5.45. The van der Waals surface area contributed by atoms with Crippen LogP contribution < -0.4 is 0 Å². The van der Waals surface area contributed by atoms with Crippen molar-refractivity contribution in [1.29, 1.82) is 0 Å². The maximum absolute atomic E-state index is 11.8. The van der Waals surface area contributed by atoms with Gasteiger partial charge in [-0.1, -0.05) is 0 Å². The monoisotopic (exact) mass is 228 g/mol. The molecule has 1 fully saturated rings. The Hall–Kier alpha value is -1.39. The van der Waals surface area contributed by atoms with Crippen molar-refractivity contribution in [1.82, 2.24) is 0 Å². The lowest BCUT2D eigenvalue weighted by atomic mass is 9.80. The first-order chi connectivity index (χ1) is 7.53. The largest absolute Gasteiger partial charge is 0.481 e. The number of carboxylic acid groups (broad SMARTS) is 1. The molecule has 0 bridgehead atoms. The summed E-state index contributed by atoms with van der Waals surface area (Å²) in [5.74, 6) is -1.73. The second kappa shape index (κ2) is 5.09. The number of carbonyl (C=O) groups excluding carboxylic acids is 2. The summed E-state index contributed by atoms with van der Waals surface area (Å²) in [4.78, 5) is 34.0. The molecule has 0 spiro atoms. The Morgan fingerprint density at radius 3 is 2.62 bits per heavy atom. The third-order valence-electron chi connectivity index (χ3n) is 2.97. The second-order valence-corrected chi connectivity index (χ2v) is 3.97. The highest BCUT2D eigenvalue weighted by atomic mass is 16.5. The summed E-state index contributed by atoms with van der Waals surface area (Å²) in [5.41, 5.74) is -1.19. The molecule has 0 aromatic carbocycles. The Kier molecular flexibility index (Phi) is 4.04. The van der Waals surface area contributed by atoms with Crippen LogP contribution in [0.25, 0.3) is 0 Å². The van der Waals surface area contributed by atoms with Gasteiger partial charge in [0.2, 0.25) is 0 Å². The molecule has 1 aliphatic carbocycles. The van der Waals surface area contributed by atoms with E-state index in [4.69, 9.17) is 9.84 Å². The molecule has 0 radical (unpaired) electrons. The zero-order valence-corrected chi connectivity index (χ0v) is 9.32. The van der Waals surface area contributed by atoms with Gasteiger partial charge in [-0.05, 0) is 26.2 Å². The molecule has 1 unspecified atom stereocenters. The highest BCUT2D eigenvalue weighted by Gasteiger charge is 2.49. The van der Waals surface area contributed by atoms with E-state index in [-0.39, 0.29) is 25.2 Å². The number of carbonyl (C=O) groups is 3. The minimum atomic E-state index is -1.19. The Balaban J connectivity index is 2.80. The Labute approximate surface area is 93.8 Å². The number of hydrogen-bond donors (Lipinski definition) is 1. The van der Waals surface area contributed by atoms with Gasteiger partial charge in [0.1, 0.15) is 11.2 Å². The van der Waals surface area contributed by atoms with Gasteiger partial charge in [-0.25, -0.2) is 0 Å². The van der Waals surface area contributed by atoms with Crippen molar-refractivity contribution in [3.63, 3.8) is 0 Å². The standard InChI is InChI=1S/C11H16O5/c1-2-16-10(15)11(7-5-9(13)14)6-3-4-8(11)12/h2-7H2,1H3,(H,13,14). The van der Waals surface area contributed by atoms with E-state index in [0.717, 1.165) is 0 Å². The van der Waals surface area contributed by atoms with Crippen LogP contribution in [0.1, 0.15) is 39.0 Å². The number of ketones is 1. The zero-order valence-electron chi connectivity index (χ0n) is 9.32. The average molecular weight is 228 g/mol. The minimum Gasteiger partial charge on any atom is -0.481 e. The molecule has 0 aliphatic heterocycles. The molecular formula is C11H16O5. The fourth-order valence-electron chi connectivity index (χ4n) is 2.10. The Morgan fingerprint density at radius 1 is 1.50 bits per heavy atom. The number of aliphatic carboxylic acids is 1. The van der Waals surface area contributed by atoms with Crippen LogP contribution in [0.2, 0.25) is 0 Å². The van der Waals surface area contributed by atoms with Gasteiger partial charge in [-0.2, -0.15) is 0 Å². The highest BCUT2D eigenvalue weighted by molar-refractivity contribution is 6.05. The molecule has 0 saturated heterocycles. The lowest BCUT2D eigenvalue weighted by Crippen LogP contribution is -2.37. The quantitative estimate of drug-likeness (QED) is 0.564. The summed E-state index contributed by atoms with van der Waals surface area (Å²) in [5, 5.41) is 8.62. The number of Topliss-reactive ketones (excluding diaryl/α,β-unsaturated/α-hetero) is 1. The lowest BCUT2D eigenvalue weighted by molar-refractivity contribution is -0.159. The fourth-order valence-corrected chi connectivity index (χ4v) is 2.10. The minimum absolute atomic E-state index is 0.0556. The topological polar surface area (TPSA) is 80.7 Å². The molecule has 0 aromatic rings. The van der Waals surface area contributed by atoms with E-state index in [1.54, 1.807) is 6.92 Å². The molecule has 90 valence electrons. The summed E-state index contributed by atoms with van der Waals surface area (Å²) < 4.78 is 4.88. The SMILES string of the molecule is CCOC(=O)C1(CCC(=O)O)CCCC1=O. The van der Waals surface area contributed by atoms with Crippen molar-refractivity contribution >= 4 is 17.7 Å². The van der Waals surface area contributed by atoms with E-state index in [1.165, 1.54) is 0 Å². The first kappa shape index (κ1) is 12.7. The lowest BCUT2D eigenvalue weighted by Gasteiger charge is -2.23. The van der Waals surface area contributed by atoms with E-state index in [1.807, 2.05) is 0 Å². The van der Waals surface area contributed by atoms with Gasteiger partial charge in [0.25, 0.3) is 0 Å². The van der Waals surface area contributed by atoms with E-state index < -0.39 is 17.4 Å². The Bertz CT molecular complexity index is 309. The molecule has 0 heterocycles. The van der Waals surface area contributed by atoms with Crippen LogP contribution in [0.5, 0.6) is 0 Å². The predicted molar refractivity (Wildman–Crippen MR) is 54.8 cm³/mol. The molecule has 1 atom stereocenters. The maximum Gasteiger partial charge on any atom is 0.319 e. The van der Waals surface area contributed by atoms with Gasteiger partial charge in [0.05, 0.1) is 6.61 Å². The third-order valence-corrected chi connectivity index (χ3v) is 2.97. The van der Waals surface area contributed by atoms with Gasteiger partial charge < -0.3 is 9.84 Å². The van der Waals surface area contributed by atoms with E-state index >= 15 is 0 Å². The molecular weight excluding hydrogens is 212 g/mol. The van der Waals surface area contributed by atoms with Crippen molar-refractivity contribution in [2.45, 2.75) is 39.0 Å². The van der Waals surface area contributed by atoms with Crippen LogP contribution >= 0.6 is 0 Å². The normalized spacial score (nSPS) is 24.4. The molecule has 1 N–H and O–H groups in total. The van der Waals surface area contributed by atoms with Gasteiger partial charge >= 0.3 is 11.9 Å². The summed E-state index contributed by atoms with van der Waals surface area (Å²) >= 11 is 0. The molecule has 1 aliphatic rings. The van der Waals surface area contributed by atoms with Crippen LogP contribution in [-0.2, 0) is 19.1 Å². The first-order valence-corrected chi connectivity index (χ1v) is 5.45. The van der Waals surface area contributed by atoms with Gasteiger partial charge in [-0.15, -0.1) is 0 Å². The molecule has 1 saturated carbocycles. The van der Waals surface area contributed by atoms with Crippen LogP contribution in [-0.4, -0.2) is 29.4 Å². The zero-order chi connectivity index (χ0) is 12.2. The van der Waals surface area contributed by atoms with Crippen LogP contribution in [0.4, 0.5) is 0 Å². The van der Waals surface area contributed by atoms with E-state index in [9.17, 15) is 14.4 Å². The highest BCUT2D eigenvalue weighted by Crippen LogP contribution is 2.40. The number of hydrogen-bond acceptors (Lipinski definition) is 4. The second-order valence-electron chi connectivity index (χ2n) is 3.97. The van der Waals surface area contributed by atoms with Gasteiger partial charge in [0.15, 0.2) is 0 Å². The number of carboxylic acids is 1. The van der Waals surface area contributed by atoms with Crippen LogP contribution in [0.15, 0.2) is 0 Å². The van der Waals surface area contributed by atoms with Crippen molar-refractivity contribution in [2.24, 2.45) is 5.41 Å². The van der Waals surface area contributed by atoms with Gasteiger partial charge in [-0.3, -0.25) is 14.4 Å². The fraction of sp³-hybridized carbons (Fsp3) is 0.727. The van der Waals surface area contributed by atoms with Crippen molar-refractivity contribution in [2.75, 3.05) is 6.61 Å². The average Bonchev–Trinajstić information content (AvgIpc) is 2.58. The summed E-state index contributed by atoms with van der Waals surface area (Å²) in [6.07, 6.45) is 1.28. The summed E-state index contributed by atoms with van der Waals surface area (Å²) in [6, 6.07) is 0. The number of rotatable bonds is 5. The van der Waals surface area contributed by atoms with Crippen molar-refractivity contribution in [3.05, 3.63) is 0 Å². The van der Waals surface area contributed by atoms with E-state index in [2.05, 4.69) is 0 Å². The van der Waals surface area contributed by atoms with Crippen molar-refractivity contribution in [3.8, 4) is 0 Å². The van der Waals surface area contributed by atoms with Crippen molar-refractivity contribution < 1.29 is 24.2 Å². The predicted octanol–water partition coefficient (Wildman–Crippen LogP) is 1.15. The molecule has 5 heteroatoms. The molecule has 0 amide bonds. The van der Waals surface area contributed by atoms with Crippen LogP contribution in [0, 0.1) is 5.41 Å². The van der Waals surface area contributed by atoms with Crippen LogP contribution in [0.3, 0.4) is 0 Å². The molecule has 16 heavy (non-hydrogen) atoms. The summed E-state index contributed by atoms with van der Waals surface area (Å²) in [6.45, 7) is 1.88. The third kappa shape index (κ3) is 2.40. The molecule has 1 rings (SSSR count). The number of esters is 1. The molecule has 0 aromatic heterocycles. The summed E-state index contributed by atoms with van der Waals surface area (Å²) in [7, 11) is 0. The maximum atomic E-state index is 11.8. The Morgan fingerprint density at radius 2 is 2.19 bits per heavy atom. The smallest absolute Gasteiger partial charge is 0.319 e.